The van der Waals surface area contributed by atoms with E-state index in [0.29, 0.717) is 11.1 Å². The molecule has 0 radical (unpaired) electrons. The Morgan fingerprint density at radius 3 is 2.42 bits per heavy atom. The van der Waals surface area contributed by atoms with Gasteiger partial charge in [0.1, 0.15) is 0 Å². The molecule has 1 aliphatic heterocycles. The number of carbonyl (C=O) groups is 1. The molecular weight excluding hydrogens is 262 g/mol. The molecule has 1 aromatic carbocycles. The third-order valence-electron chi connectivity index (χ3n) is 3.87. The van der Waals surface area contributed by atoms with Gasteiger partial charge in [0, 0.05) is 30.8 Å². The number of ether oxygens (including phenoxy) is 1. The van der Waals surface area contributed by atoms with Crippen molar-refractivity contribution >= 4 is 17.4 Å². The number of benzene rings is 1. The standard InChI is InChI=1S/C15H20ClNO2/c1-11(17-9-7-14(19-2)8-10-17)15(18)12-3-5-13(16)6-4-12/h3-6,11,14H,7-10H2,1-2H3. The molecule has 1 atom stereocenters. The number of halogens is 1. The third kappa shape index (κ3) is 3.56. The monoisotopic (exact) mass is 281 g/mol. The maximum absolute atomic E-state index is 12.4. The number of likely N-dealkylation sites (tertiary alicyclic amines) is 1. The molecule has 4 heteroatoms. The van der Waals surface area contributed by atoms with Crippen LogP contribution in [0.3, 0.4) is 0 Å². The van der Waals surface area contributed by atoms with Crippen molar-refractivity contribution in [2.75, 3.05) is 20.2 Å². The van der Waals surface area contributed by atoms with Crippen LogP contribution in [0.1, 0.15) is 30.1 Å². The molecule has 0 aromatic heterocycles. The van der Waals surface area contributed by atoms with Gasteiger partial charge in [0.15, 0.2) is 5.78 Å². The molecule has 0 spiro atoms. The molecule has 19 heavy (non-hydrogen) atoms. The van der Waals surface area contributed by atoms with Crippen molar-refractivity contribution in [2.45, 2.75) is 31.9 Å². The maximum atomic E-state index is 12.4. The van der Waals surface area contributed by atoms with E-state index in [1.54, 1.807) is 31.4 Å². The van der Waals surface area contributed by atoms with Crippen LogP contribution in [0.25, 0.3) is 0 Å². The quantitative estimate of drug-likeness (QED) is 0.795. The predicted molar refractivity (Wildman–Crippen MR) is 76.8 cm³/mol. The Bertz CT molecular complexity index is 424. The molecule has 0 bridgehead atoms. The van der Waals surface area contributed by atoms with Crippen LogP contribution in [-0.2, 0) is 4.74 Å². The van der Waals surface area contributed by atoms with Gasteiger partial charge in [-0.2, -0.15) is 0 Å². The number of nitrogens with zero attached hydrogens (tertiary/aromatic N) is 1. The highest BCUT2D eigenvalue weighted by Crippen LogP contribution is 2.18. The zero-order valence-corrected chi connectivity index (χ0v) is 12.2. The average Bonchev–Trinajstić information content (AvgIpc) is 2.46. The summed E-state index contributed by atoms with van der Waals surface area (Å²) in [7, 11) is 1.75. The summed E-state index contributed by atoms with van der Waals surface area (Å²) in [5.41, 5.74) is 0.728. The second-order valence-corrected chi connectivity index (χ2v) is 5.45. The van der Waals surface area contributed by atoms with Gasteiger partial charge in [-0.3, -0.25) is 9.69 Å². The fourth-order valence-electron chi connectivity index (χ4n) is 2.52. The van der Waals surface area contributed by atoms with Gasteiger partial charge < -0.3 is 4.74 Å². The second-order valence-electron chi connectivity index (χ2n) is 5.02. The van der Waals surface area contributed by atoms with Crippen LogP contribution in [0.5, 0.6) is 0 Å². The fourth-order valence-corrected chi connectivity index (χ4v) is 2.65. The van der Waals surface area contributed by atoms with Crippen molar-refractivity contribution in [3.63, 3.8) is 0 Å². The number of rotatable bonds is 4. The SMILES string of the molecule is COC1CCN(C(C)C(=O)c2ccc(Cl)cc2)CC1. The van der Waals surface area contributed by atoms with Gasteiger partial charge in [-0.25, -0.2) is 0 Å². The highest BCUT2D eigenvalue weighted by Gasteiger charge is 2.26. The molecule has 3 nitrogen and oxygen atoms in total. The molecule has 2 rings (SSSR count). The Kier molecular flexibility index (Phi) is 4.97. The Morgan fingerprint density at radius 2 is 1.89 bits per heavy atom. The number of carbonyl (C=O) groups excluding carboxylic acids is 1. The van der Waals surface area contributed by atoms with E-state index in [1.807, 2.05) is 6.92 Å². The topological polar surface area (TPSA) is 29.5 Å². The van der Waals surface area contributed by atoms with Crippen LogP contribution in [0.2, 0.25) is 5.02 Å². The van der Waals surface area contributed by atoms with Gasteiger partial charge in [0.2, 0.25) is 0 Å². The normalized spacial score (nSPS) is 19.3. The van der Waals surface area contributed by atoms with E-state index in [2.05, 4.69) is 4.90 Å². The first-order valence-corrected chi connectivity index (χ1v) is 7.06. The molecule has 1 saturated heterocycles. The average molecular weight is 282 g/mol. The first kappa shape index (κ1) is 14.5. The molecule has 1 heterocycles. The summed E-state index contributed by atoms with van der Waals surface area (Å²) >= 11 is 5.84. The summed E-state index contributed by atoms with van der Waals surface area (Å²) in [5, 5.41) is 0.658. The Balaban J connectivity index is 1.98. The molecular formula is C15H20ClNO2. The molecule has 0 N–H and O–H groups in total. The molecule has 0 saturated carbocycles. The minimum atomic E-state index is -0.0843. The number of Topliss-reactive ketones (excluding diaryl/α,β-unsaturated/α-hetero) is 1. The van der Waals surface area contributed by atoms with Crippen molar-refractivity contribution in [1.82, 2.24) is 4.90 Å². The van der Waals surface area contributed by atoms with Gasteiger partial charge in [-0.1, -0.05) is 11.6 Å². The van der Waals surface area contributed by atoms with E-state index < -0.39 is 0 Å². The Labute approximate surface area is 119 Å². The summed E-state index contributed by atoms with van der Waals surface area (Å²) < 4.78 is 5.35. The van der Waals surface area contributed by atoms with E-state index in [9.17, 15) is 4.79 Å². The van der Waals surface area contributed by atoms with E-state index in [-0.39, 0.29) is 11.8 Å². The molecule has 1 fully saturated rings. The molecule has 1 aliphatic rings. The van der Waals surface area contributed by atoms with Gasteiger partial charge in [0.25, 0.3) is 0 Å². The van der Waals surface area contributed by atoms with E-state index in [0.717, 1.165) is 31.5 Å². The van der Waals surface area contributed by atoms with Crippen LogP contribution in [-0.4, -0.2) is 43.0 Å². The van der Waals surface area contributed by atoms with Crippen molar-refractivity contribution in [3.05, 3.63) is 34.9 Å². The van der Waals surface area contributed by atoms with Crippen molar-refractivity contribution < 1.29 is 9.53 Å². The minimum absolute atomic E-state index is 0.0843. The van der Waals surface area contributed by atoms with E-state index >= 15 is 0 Å². The minimum Gasteiger partial charge on any atom is -0.381 e. The lowest BCUT2D eigenvalue weighted by atomic mass is 10.0. The molecule has 1 unspecified atom stereocenters. The van der Waals surface area contributed by atoms with Crippen LogP contribution in [0, 0.1) is 0 Å². The Morgan fingerprint density at radius 1 is 1.32 bits per heavy atom. The lowest BCUT2D eigenvalue weighted by molar-refractivity contribution is 0.0289. The summed E-state index contributed by atoms with van der Waals surface area (Å²) in [6, 6.07) is 7.03. The lowest BCUT2D eigenvalue weighted by Gasteiger charge is -2.34. The predicted octanol–water partition coefficient (Wildman–Crippen LogP) is 3.02. The largest absolute Gasteiger partial charge is 0.381 e. The van der Waals surface area contributed by atoms with Gasteiger partial charge in [0.05, 0.1) is 12.1 Å². The lowest BCUT2D eigenvalue weighted by Crippen LogP contribution is -2.45. The van der Waals surface area contributed by atoms with Crippen molar-refractivity contribution in [3.8, 4) is 0 Å². The fraction of sp³-hybridized carbons (Fsp3) is 0.533. The maximum Gasteiger partial charge on any atom is 0.179 e. The highest BCUT2D eigenvalue weighted by atomic mass is 35.5. The van der Waals surface area contributed by atoms with Crippen LogP contribution < -0.4 is 0 Å². The van der Waals surface area contributed by atoms with Crippen LogP contribution >= 0.6 is 11.6 Å². The molecule has 104 valence electrons. The number of hydrogen-bond donors (Lipinski definition) is 0. The second kappa shape index (κ2) is 6.51. The van der Waals surface area contributed by atoms with Gasteiger partial charge in [-0.15, -0.1) is 0 Å². The van der Waals surface area contributed by atoms with Crippen molar-refractivity contribution in [2.24, 2.45) is 0 Å². The smallest absolute Gasteiger partial charge is 0.179 e. The summed E-state index contributed by atoms with van der Waals surface area (Å²) in [4.78, 5) is 14.6. The number of piperidine rings is 1. The Hall–Kier alpha value is -0.900. The highest BCUT2D eigenvalue weighted by molar-refractivity contribution is 6.30. The van der Waals surface area contributed by atoms with Gasteiger partial charge in [-0.05, 0) is 44.0 Å². The first-order valence-electron chi connectivity index (χ1n) is 6.68. The van der Waals surface area contributed by atoms with E-state index in [4.69, 9.17) is 16.3 Å². The van der Waals surface area contributed by atoms with E-state index in [1.165, 1.54) is 0 Å². The number of ketones is 1. The zero-order chi connectivity index (χ0) is 13.8. The van der Waals surface area contributed by atoms with Crippen LogP contribution in [0.15, 0.2) is 24.3 Å². The van der Waals surface area contributed by atoms with Crippen LogP contribution in [0.4, 0.5) is 0 Å². The zero-order valence-electron chi connectivity index (χ0n) is 11.4. The number of hydrogen-bond acceptors (Lipinski definition) is 3. The van der Waals surface area contributed by atoms with Gasteiger partial charge >= 0.3 is 0 Å². The number of methoxy groups -OCH3 is 1. The summed E-state index contributed by atoms with van der Waals surface area (Å²) in [6.07, 6.45) is 2.33. The molecule has 0 amide bonds. The first-order chi connectivity index (χ1) is 9.11. The summed E-state index contributed by atoms with van der Waals surface area (Å²) in [5.74, 6) is 0.160. The third-order valence-corrected chi connectivity index (χ3v) is 4.12. The van der Waals surface area contributed by atoms with Crippen molar-refractivity contribution in [1.29, 1.82) is 0 Å². The molecule has 1 aromatic rings. The summed E-state index contributed by atoms with van der Waals surface area (Å²) in [6.45, 7) is 3.81. The molecule has 0 aliphatic carbocycles.